The Hall–Kier alpha value is -1.86. The monoisotopic (exact) mass is 552 g/mol. The van der Waals surface area contributed by atoms with Gasteiger partial charge in [-0.15, -0.1) is 0 Å². The number of nitrogens with zero attached hydrogens (tertiary/aromatic N) is 1. The lowest BCUT2D eigenvalue weighted by Crippen LogP contribution is -2.49. The molecule has 0 radical (unpaired) electrons. The van der Waals surface area contributed by atoms with Gasteiger partial charge in [-0.3, -0.25) is 9.59 Å². The molecule has 2 amide bonds. The molecule has 1 atom stereocenters. The number of ether oxygens (including phenoxy) is 1. The molecule has 1 N–H and O–H groups in total. The predicted molar refractivity (Wildman–Crippen MR) is 131 cm³/mol. The fourth-order valence-electron chi connectivity index (χ4n) is 3.08. The topological polar surface area (TPSA) is 58.6 Å². The molecule has 168 valence electrons. The lowest BCUT2D eigenvalue weighted by atomic mass is 10.1. The van der Waals surface area contributed by atoms with E-state index in [-0.39, 0.29) is 18.4 Å². The molecule has 0 heterocycles. The van der Waals surface area contributed by atoms with Gasteiger partial charge in [0.2, 0.25) is 5.91 Å². The Labute approximate surface area is 201 Å². The number of hydrogen-bond donors (Lipinski definition) is 1. The van der Waals surface area contributed by atoms with Crippen LogP contribution in [0.5, 0.6) is 5.75 Å². The van der Waals surface area contributed by atoms with E-state index in [2.05, 4.69) is 37.2 Å². The molecule has 0 spiro atoms. The zero-order valence-corrected chi connectivity index (χ0v) is 21.8. The number of rotatable bonds is 9. The van der Waals surface area contributed by atoms with Crippen molar-refractivity contribution >= 4 is 43.7 Å². The maximum absolute atomic E-state index is 13.1. The maximum Gasteiger partial charge on any atom is 0.261 e. The molecule has 0 aliphatic heterocycles. The van der Waals surface area contributed by atoms with Crippen LogP contribution in [0.4, 0.5) is 0 Å². The van der Waals surface area contributed by atoms with Crippen molar-refractivity contribution in [3.8, 4) is 5.75 Å². The van der Waals surface area contributed by atoms with E-state index in [1.165, 1.54) is 0 Å². The van der Waals surface area contributed by atoms with Gasteiger partial charge in [0.25, 0.3) is 5.91 Å². The number of benzene rings is 2. The van der Waals surface area contributed by atoms with Crippen molar-refractivity contribution < 1.29 is 14.3 Å². The Morgan fingerprint density at radius 1 is 1.06 bits per heavy atom. The van der Waals surface area contributed by atoms with Gasteiger partial charge in [0.05, 0.1) is 0 Å². The van der Waals surface area contributed by atoms with Gasteiger partial charge in [-0.2, -0.15) is 0 Å². The number of nitrogens with one attached hydrogen (secondary N) is 1. The van der Waals surface area contributed by atoms with Crippen molar-refractivity contribution in [1.82, 2.24) is 10.2 Å². The van der Waals surface area contributed by atoms with Crippen molar-refractivity contribution in [2.45, 2.75) is 47.2 Å². The molecule has 0 saturated carbocycles. The molecule has 7 heteroatoms. The van der Waals surface area contributed by atoms with E-state index in [1.54, 1.807) is 11.8 Å². The van der Waals surface area contributed by atoms with Crippen LogP contribution in [-0.2, 0) is 16.1 Å². The van der Waals surface area contributed by atoms with Crippen LogP contribution < -0.4 is 10.1 Å². The normalized spacial score (nSPS) is 11.9. The third-order valence-corrected chi connectivity index (χ3v) is 6.61. The molecule has 2 rings (SSSR count). The van der Waals surface area contributed by atoms with E-state index in [9.17, 15) is 9.59 Å². The summed E-state index contributed by atoms with van der Waals surface area (Å²) in [5.74, 6) is 0.543. The minimum Gasteiger partial charge on any atom is -0.484 e. The fourth-order valence-corrected chi connectivity index (χ4v) is 3.76. The van der Waals surface area contributed by atoms with E-state index < -0.39 is 6.04 Å². The van der Waals surface area contributed by atoms with Crippen LogP contribution in [-0.4, -0.2) is 35.9 Å². The van der Waals surface area contributed by atoms with Crippen LogP contribution in [0.3, 0.4) is 0 Å². The second-order valence-electron chi connectivity index (χ2n) is 8.13. The van der Waals surface area contributed by atoms with Crippen LogP contribution in [0.1, 0.15) is 37.5 Å². The van der Waals surface area contributed by atoms with E-state index >= 15 is 0 Å². The summed E-state index contributed by atoms with van der Waals surface area (Å²) in [6.07, 6.45) is 0. The highest BCUT2D eigenvalue weighted by molar-refractivity contribution is 9.10. The third kappa shape index (κ3) is 7.65. The quantitative estimate of drug-likeness (QED) is 0.452. The molecule has 0 aromatic heterocycles. The van der Waals surface area contributed by atoms with Crippen LogP contribution >= 0.6 is 31.9 Å². The SMILES string of the molecule is Cc1cc(OCC(=O)N(Cc2cccc(Br)c2)C(C)C(=O)NCC(C)C)cc(C)c1Br. The smallest absolute Gasteiger partial charge is 0.261 e. The van der Waals surface area contributed by atoms with Gasteiger partial charge >= 0.3 is 0 Å². The van der Waals surface area contributed by atoms with Crippen molar-refractivity contribution in [1.29, 1.82) is 0 Å². The summed E-state index contributed by atoms with van der Waals surface area (Å²) in [5, 5.41) is 2.92. The van der Waals surface area contributed by atoms with Crippen molar-refractivity contribution in [2.75, 3.05) is 13.2 Å². The standard InChI is InChI=1S/C24H30Br2N2O3/c1-15(2)12-27-24(30)18(5)28(13-19-7-6-8-20(25)11-19)22(29)14-31-21-9-16(3)23(26)17(4)10-21/h6-11,15,18H,12-14H2,1-5H3,(H,27,30). The number of halogens is 2. The molecule has 1 unspecified atom stereocenters. The van der Waals surface area contributed by atoms with Crippen molar-refractivity contribution in [3.05, 3.63) is 62.0 Å². The molecular weight excluding hydrogens is 524 g/mol. The number of aryl methyl sites for hydroxylation is 2. The Balaban J connectivity index is 2.17. The van der Waals surface area contributed by atoms with E-state index in [0.717, 1.165) is 25.6 Å². The van der Waals surface area contributed by atoms with E-state index in [1.807, 2.05) is 64.1 Å². The largest absolute Gasteiger partial charge is 0.484 e. The van der Waals surface area contributed by atoms with Gasteiger partial charge in [-0.05, 0) is 67.6 Å². The van der Waals surface area contributed by atoms with Gasteiger partial charge in [0.15, 0.2) is 6.61 Å². The highest BCUT2D eigenvalue weighted by atomic mass is 79.9. The fraction of sp³-hybridized carbons (Fsp3) is 0.417. The van der Waals surface area contributed by atoms with Gasteiger partial charge in [0, 0.05) is 22.0 Å². The van der Waals surface area contributed by atoms with Gasteiger partial charge in [0.1, 0.15) is 11.8 Å². The number of carbonyl (C=O) groups is 2. The Kier molecular flexibility index (Phi) is 9.56. The molecule has 2 aromatic carbocycles. The zero-order valence-electron chi connectivity index (χ0n) is 18.7. The third-order valence-electron chi connectivity index (χ3n) is 4.87. The van der Waals surface area contributed by atoms with Crippen LogP contribution in [0, 0.1) is 19.8 Å². The maximum atomic E-state index is 13.1. The molecule has 0 saturated heterocycles. The second kappa shape index (κ2) is 11.7. The summed E-state index contributed by atoms with van der Waals surface area (Å²) in [7, 11) is 0. The first kappa shape index (κ1) is 25.4. The lowest BCUT2D eigenvalue weighted by Gasteiger charge is -2.29. The highest BCUT2D eigenvalue weighted by Crippen LogP contribution is 2.26. The molecule has 5 nitrogen and oxygen atoms in total. The minimum absolute atomic E-state index is 0.143. The average Bonchev–Trinajstić information content (AvgIpc) is 2.71. The Morgan fingerprint density at radius 3 is 2.29 bits per heavy atom. The van der Waals surface area contributed by atoms with Crippen LogP contribution in [0.15, 0.2) is 45.3 Å². The molecule has 0 bridgehead atoms. The van der Waals surface area contributed by atoms with E-state index in [4.69, 9.17) is 4.74 Å². The molecular formula is C24H30Br2N2O3. The summed E-state index contributed by atoms with van der Waals surface area (Å²) < 4.78 is 7.75. The predicted octanol–water partition coefficient (Wildman–Crippen LogP) is 5.40. The molecule has 2 aromatic rings. The van der Waals surface area contributed by atoms with Crippen molar-refractivity contribution in [3.63, 3.8) is 0 Å². The van der Waals surface area contributed by atoms with Gasteiger partial charge < -0.3 is 15.0 Å². The Morgan fingerprint density at radius 2 is 1.71 bits per heavy atom. The summed E-state index contributed by atoms with van der Waals surface area (Å²) in [6, 6.07) is 10.9. The molecule has 31 heavy (non-hydrogen) atoms. The molecule has 0 fully saturated rings. The first-order chi connectivity index (χ1) is 14.6. The summed E-state index contributed by atoms with van der Waals surface area (Å²) in [4.78, 5) is 27.4. The van der Waals surface area contributed by atoms with Gasteiger partial charge in [-0.1, -0.05) is 57.8 Å². The Bertz CT molecular complexity index is 908. The summed E-state index contributed by atoms with van der Waals surface area (Å²) in [5.41, 5.74) is 3.01. The molecule has 0 aliphatic rings. The van der Waals surface area contributed by atoms with E-state index in [0.29, 0.717) is 24.8 Å². The minimum atomic E-state index is -0.623. The first-order valence-electron chi connectivity index (χ1n) is 10.3. The number of hydrogen-bond acceptors (Lipinski definition) is 3. The lowest BCUT2D eigenvalue weighted by molar-refractivity contribution is -0.142. The second-order valence-corrected chi connectivity index (χ2v) is 9.83. The van der Waals surface area contributed by atoms with Gasteiger partial charge in [-0.25, -0.2) is 0 Å². The summed E-state index contributed by atoms with van der Waals surface area (Å²) in [6.45, 7) is 10.5. The first-order valence-corrected chi connectivity index (χ1v) is 11.9. The molecule has 0 aliphatic carbocycles. The van der Waals surface area contributed by atoms with Crippen LogP contribution in [0.25, 0.3) is 0 Å². The highest BCUT2D eigenvalue weighted by Gasteiger charge is 2.26. The van der Waals surface area contributed by atoms with Crippen molar-refractivity contribution in [2.24, 2.45) is 5.92 Å². The summed E-state index contributed by atoms with van der Waals surface area (Å²) >= 11 is 7.01. The zero-order chi connectivity index (χ0) is 23.1. The van der Waals surface area contributed by atoms with Crippen LogP contribution in [0.2, 0.25) is 0 Å². The number of carbonyl (C=O) groups excluding carboxylic acids is 2. The average molecular weight is 554 g/mol. The number of amides is 2.